The Balaban J connectivity index is 1.60. The molecule has 0 saturated carbocycles. The van der Waals surface area contributed by atoms with Crippen LogP contribution in [0.4, 0.5) is 4.79 Å². The summed E-state index contributed by atoms with van der Waals surface area (Å²) < 4.78 is 6.88. The van der Waals surface area contributed by atoms with Crippen LogP contribution < -0.4 is 5.73 Å². The van der Waals surface area contributed by atoms with Crippen molar-refractivity contribution in [2.24, 2.45) is 5.73 Å². The lowest BCUT2D eigenvalue weighted by Gasteiger charge is -2.18. The Hall–Kier alpha value is -3.08. The Morgan fingerprint density at radius 3 is 2.26 bits per heavy atom. The molecule has 1 amide bonds. The minimum atomic E-state index is -0.728. The van der Waals surface area contributed by atoms with Crippen molar-refractivity contribution >= 4 is 6.09 Å². The van der Waals surface area contributed by atoms with Gasteiger partial charge in [-0.05, 0) is 30.4 Å². The molecule has 1 aromatic heterocycles. The second kappa shape index (κ2) is 9.57. The molecular weight excluding hydrogens is 338 g/mol. The summed E-state index contributed by atoms with van der Waals surface area (Å²) in [6.45, 7) is 1.21. The van der Waals surface area contributed by atoms with E-state index in [-0.39, 0.29) is 0 Å². The van der Waals surface area contributed by atoms with E-state index >= 15 is 0 Å². The lowest BCUT2D eigenvalue weighted by atomic mass is 9.88. The van der Waals surface area contributed by atoms with Crippen molar-refractivity contribution < 1.29 is 9.53 Å². The molecule has 5 heteroatoms. The molecule has 0 aliphatic rings. The van der Waals surface area contributed by atoms with Gasteiger partial charge in [-0.15, -0.1) is 0 Å². The molecular formula is C22H25N3O2. The van der Waals surface area contributed by atoms with E-state index in [1.54, 1.807) is 0 Å². The van der Waals surface area contributed by atoms with Crippen LogP contribution in [0.1, 0.15) is 35.6 Å². The van der Waals surface area contributed by atoms with Gasteiger partial charge in [-0.25, -0.2) is 9.78 Å². The SMILES string of the molecule is NC(=O)OCCCc1cn(CCC(c2ccccc2)c2ccccc2)cn1. The third kappa shape index (κ3) is 5.71. The Morgan fingerprint density at radius 2 is 1.67 bits per heavy atom. The third-order valence-electron chi connectivity index (χ3n) is 4.59. The number of nitrogens with two attached hydrogens (primary N) is 1. The topological polar surface area (TPSA) is 70.1 Å². The van der Waals surface area contributed by atoms with Gasteiger partial charge in [0.05, 0.1) is 18.6 Å². The van der Waals surface area contributed by atoms with E-state index in [9.17, 15) is 4.79 Å². The fraction of sp³-hybridized carbons (Fsp3) is 0.273. The number of carbonyl (C=O) groups is 1. The van der Waals surface area contributed by atoms with Crippen LogP contribution in [0.2, 0.25) is 0 Å². The number of imidazole rings is 1. The quantitative estimate of drug-likeness (QED) is 0.581. The zero-order valence-corrected chi connectivity index (χ0v) is 15.3. The standard InChI is InChI=1S/C22H25N3O2/c23-22(26)27-15-7-12-20-16-25(17-24-20)14-13-21(18-8-3-1-4-9-18)19-10-5-2-6-11-19/h1-6,8-11,16-17,21H,7,12-15H2,(H2,23,26). The number of nitrogens with zero attached hydrogens (tertiary/aromatic N) is 2. The zero-order valence-electron chi connectivity index (χ0n) is 15.3. The summed E-state index contributed by atoms with van der Waals surface area (Å²) in [5, 5.41) is 0. The monoisotopic (exact) mass is 363 g/mol. The van der Waals surface area contributed by atoms with E-state index in [0.717, 1.165) is 31.5 Å². The number of amides is 1. The summed E-state index contributed by atoms with van der Waals surface area (Å²) in [5.74, 6) is 0.349. The predicted octanol–water partition coefficient (Wildman–Crippen LogP) is 4.13. The van der Waals surface area contributed by atoms with Gasteiger partial charge in [0.15, 0.2) is 0 Å². The largest absolute Gasteiger partial charge is 0.450 e. The van der Waals surface area contributed by atoms with E-state index in [1.807, 2.05) is 6.33 Å². The van der Waals surface area contributed by atoms with Gasteiger partial charge in [0.1, 0.15) is 0 Å². The first-order valence-electron chi connectivity index (χ1n) is 9.25. The van der Waals surface area contributed by atoms with Crippen molar-refractivity contribution in [3.63, 3.8) is 0 Å². The van der Waals surface area contributed by atoms with Crippen molar-refractivity contribution in [2.45, 2.75) is 31.7 Å². The minimum Gasteiger partial charge on any atom is -0.450 e. The van der Waals surface area contributed by atoms with Gasteiger partial charge < -0.3 is 15.0 Å². The molecule has 140 valence electrons. The number of aryl methyl sites for hydroxylation is 2. The molecule has 0 fully saturated rings. The lowest BCUT2D eigenvalue weighted by Crippen LogP contribution is -2.13. The summed E-state index contributed by atoms with van der Waals surface area (Å²) in [6, 6.07) is 21.2. The molecule has 0 aliphatic heterocycles. The van der Waals surface area contributed by atoms with E-state index < -0.39 is 6.09 Å². The van der Waals surface area contributed by atoms with Crippen molar-refractivity contribution in [1.29, 1.82) is 0 Å². The summed E-state index contributed by atoms with van der Waals surface area (Å²) in [6.07, 6.45) is 5.69. The van der Waals surface area contributed by atoms with Crippen LogP contribution in [0.5, 0.6) is 0 Å². The molecule has 27 heavy (non-hydrogen) atoms. The molecule has 0 unspecified atom stereocenters. The molecule has 0 atom stereocenters. The van der Waals surface area contributed by atoms with Crippen molar-refractivity contribution in [3.8, 4) is 0 Å². The summed E-state index contributed by atoms with van der Waals surface area (Å²) in [7, 11) is 0. The Morgan fingerprint density at radius 1 is 1.04 bits per heavy atom. The van der Waals surface area contributed by atoms with E-state index in [0.29, 0.717) is 12.5 Å². The highest BCUT2D eigenvalue weighted by Gasteiger charge is 2.14. The summed E-state index contributed by atoms with van der Waals surface area (Å²) in [5.41, 5.74) is 8.61. The molecule has 0 bridgehead atoms. The molecule has 0 aliphatic carbocycles. The molecule has 0 spiro atoms. The number of carbonyl (C=O) groups excluding carboxylic acids is 1. The average molecular weight is 363 g/mol. The highest BCUT2D eigenvalue weighted by molar-refractivity contribution is 5.64. The maximum absolute atomic E-state index is 10.6. The molecule has 3 rings (SSSR count). The first-order valence-corrected chi connectivity index (χ1v) is 9.25. The number of hydrogen-bond donors (Lipinski definition) is 1. The zero-order chi connectivity index (χ0) is 18.9. The van der Waals surface area contributed by atoms with Crippen LogP contribution in [0.25, 0.3) is 0 Å². The molecule has 1 heterocycles. The molecule has 2 aromatic carbocycles. The minimum absolute atomic E-state index is 0.326. The van der Waals surface area contributed by atoms with E-state index in [1.165, 1.54) is 11.1 Å². The number of rotatable bonds is 9. The normalized spacial score (nSPS) is 10.9. The van der Waals surface area contributed by atoms with Crippen LogP contribution in [-0.4, -0.2) is 22.3 Å². The number of ether oxygens (including phenoxy) is 1. The number of hydrogen-bond acceptors (Lipinski definition) is 3. The van der Waals surface area contributed by atoms with Gasteiger partial charge in [-0.3, -0.25) is 0 Å². The molecule has 5 nitrogen and oxygen atoms in total. The van der Waals surface area contributed by atoms with Gasteiger partial charge >= 0.3 is 6.09 Å². The Labute approximate surface area is 159 Å². The number of primary amides is 1. The fourth-order valence-electron chi connectivity index (χ4n) is 3.26. The van der Waals surface area contributed by atoms with Crippen LogP contribution in [0.3, 0.4) is 0 Å². The predicted molar refractivity (Wildman–Crippen MR) is 105 cm³/mol. The van der Waals surface area contributed by atoms with Crippen molar-refractivity contribution in [3.05, 3.63) is 90.0 Å². The van der Waals surface area contributed by atoms with Gasteiger partial charge in [-0.1, -0.05) is 60.7 Å². The maximum atomic E-state index is 10.6. The molecule has 0 saturated heterocycles. The van der Waals surface area contributed by atoms with Gasteiger partial charge in [-0.2, -0.15) is 0 Å². The maximum Gasteiger partial charge on any atom is 0.404 e. The molecule has 0 radical (unpaired) electrons. The van der Waals surface area contributed by atoms with E-state index in [2.05, 4.69) is 76.4 Å². The highest BCUT2D eigenvalue weighted by Crippen LogP contribution is 2.28. The Bertz CT molecular complexity index is 792. The van der Waals surface area contributed by atoms with Gasteiger partial charge in [0, 0.05) is 18.7 Å². The van der Waals surface area contributed by atoms with Crippen molar-refractivity contribution in [1.82, 2.24) is 9.55 Å². The lowest BCUT2D eigenvalue weighted by molar-refractivity contribution is 0.155. The average Bonchev–Trinajstić information content (AvgIpc) is 3.15. The first-order chi connectivity index (χ1) is 13.2. The van der Waals surface area contributed by atoms with Gasteiger partial charge in [0.2, 0.25) is 0 Å². The summed E-state index contributed by atoms with van der Waals surface area (Å²) in [4.78, 5) is 15.0. The number of benzene rings is 2. The van der Waals surface area contributed by atoms with Crippen molar-refractivity contribution in [2.75, 3.05) is 6.61 Å². The second-order valence-electron chi connectivity index (χ2n) is 6.54. The van der Waals surface area contributed by atoms with Crippen LogP contribution in [-0.2, 0) is 17.7 Å². The van der Waals surface area contributed by atoms with Crippen LogP contribution >= 0.6 is 0 Å². The fourth-order valence-corrected chi connectivity index (χ4v) is 3.26. The molecule has 2 N–H and O–H groups in total. The number of aromatic nitrogens is 2. The second-order valence-corrected chi connectivity index (χ2v) is 6.54. The van der Waals surface area contributed by atoms with Crippen LogP contribution in [0, 0.1) is 0 Å². The third-order valence-corrected chi connectivity index (χ3v) is 4.59. The molecule has 3 aromatic rings. The summed E-state index contributed by atoms with van der Waals surface area (Å²) >= 11 is 0. The smallest absolute Gasteiger partial charge is 0.404 e. The Kier molecular flexibility index (Phi) is 6.63. The van der Waals surface area contributed by atoms with Gasteiger partial charge in [0.25, 0.3) is 0 Å². The van der Waals surface area contributed by atoms with Crippen LogP contribution in [0.15, 0.2) is 73.2 Å². The first kappa shape index (κ1) is 18.7. The van der Waals surface area contributed by atoms with E-state index in [4.69, 9.17) is 10.5 Å². The highest BCUT2D eigenvalue weighted by atomic mass is 16.5.